The van der Waals surface area contributed by atoms with Crippen LogP contribution in [0.2, 0.25) is 0 Å². The number of hydrogen-bond donors (Lipinski definition) is 1. The smallest absolute Gasteiger partial charge is 0.266 e. The topological polar surface area (TPSA) is 80.6 Å². The van der Waals surface area contributed by atoms with E-state index in [-0.39, 0.29) is 5.57 Å². The number of carbonyl (C=O) groups excluding carboxylic acids is 1. The van der Waals surface area contributed by atoms with E-state index in [1.165, 1.54) is 27.4 Å². The zero-order valence-corrected chi connectivity index (χ0v) is 16.1. The molecule has 2 rings (SSSR count). The summed E-state index contributed by atoms with van der Waals surface area (Å²) in [5.74, 6) is 1.03. The summed E-state index contributed by atoms with van der Waals surface area (Å²) in [6.45, 7) is 0. The van der Waals surface area contributed by atoms with Crippen LogP contribution in [0.3, 0.4) is 0 Å². The maximum Gasteiger partial charge on any atom is 0.266 e. The first-order valence-electron chi connectivity index (χ1n) is 7.51. The summed E-state index contributed by atoms with van der Waals surface area (Å²) in [6.07, 6.45) is 1.47. The highest BCUT2D eigenvalue weighted by Gasteiger charge is 2.13. The van der Waals surface area contributed by atoms with Gasteiger partial charge in [0.2, 0.25) is 0 Å². The highest BCUT2D eigenvalue weighted by molar-refractivity contribution is 9.10. The van der Waals surface area contributed by atoms with Gasteiger partial charge in [0.15, 0.2) is 11.5 Å². The molecule has 2 aromatic rings. The number of ether oxygens (including phenoxy) is 3. The lowest BCUT2D eigenvalue weighted by Crippen LogP contribution is -2.13. The maximum absolute atomic E-state index is 12.5. The number of carbonyl (C=O) groups is 1. The summed E-state index contributed by atoms with van der Waals surface area (Å²) in [5, 5.41) is 12.0. The van der Waals surface area contributed by atoms with Crippen molar-refractivity contribution in [2.45, 2.75) is 0 Å². The molecule has 0 saturated heterocycles. The molecule has 0 aliphatic rings. The van der Waals surface area contributed by atoms with Crippen molar-refractivity contribution in [3.63, 3.8) is 0 Å². The first-order chi connectivity index (χ1) is 12.5. The standard InChI is InChI=1S/C19H17BrN2O4/c1-24-16-6-4-14(20)9-12(16)8-13(11-21)19(23)22-15-5-7-17(25-2)18(10-15)26-3/h4-10H,1-3H3,(H,22,23)/b13-8+. The Labute approximate surface area is 160 Å². The van der Waals surface area contributed by atoms with Gasteiger partial charge in [-0.2, -0.15) is 5.26 Å². The lowest BCUT2D eigenvalue weighted by atomic mass is 10.1. The van der Waals surface area contributed by atoms with Crippen molar-refractivity contribution in [2.24, 2.45) is 0 Å². The summed E-state index contributed by atoms with van der Waals surface area (Å²) in [4.78, 5) is 12.5. The van der Waals surface area contributed by atoms with Crippen LogP contribution in [0.15, 0.2) is 46.4 Å². The lowest BCUT2D eigenvalue weighted by Gasteiger charge is -2.10. The summed E-state index contributed by atoms with van der Waals surface area (Å²) in [6, 6.07) is 12.2. The van der Waals surface area contributed by atoms with Crippen LogP contribution in [0, 0.1) is 11.3 Å². The summed E-state index contributed by atoms with van der Waals surface area (Å²) in [5.41, 5.74) is 1.03. The second-order valence-corrected chi connectivity index (χ2v) is 6.00. The molecule has 0 heterocycles. The Morgan fingerprint density at radius 1 is 1.04 bits per heavy atom. The molecule has 0 radical (unpaired) electrons. The van der Waals surface area contributed by atoms with Gasteiger partial charge < -0.3 is 19.5 Å². The molecule has 0 aliphatic heterocycles. The third kappa shape index (κ3) is 4.55. The minimum Gasteiger partial charge on any atom is -0.496 e. The largest absolute Gasteiger partial charge is 0.496 e. The Balaban J connectivity index is 2.30. The molecule has 0 fully saturated rings. The van der Waals surface area contributed by atoms with E-state index < -0.39 is 5.91 Å². The molecule has 0 unspecified atom stereocenters. The van der Waals surface area contributed by atoms with E-state index >= 15 is 0 Å². The van der Waals surface area contributed by atoms with Crippen LogP contribution < -0.4 is 19.5 Å². The van der Waals surface area contributed by atoms with Crippen molar-refractivity contribution in [3.05, 3.63) is 52.0 Å². The molecule has 0 atom stereocenters. The summed E-state index contributed by atoms with van der Waals surface area (Å²) < 4.78 is 16.4. The van der Waals surface area contributed by atoms with E-state index in [1.54, 1.807) is 30.3 Å². The SMILES string of the molecule is COc1ccc(Br)cc1/C=C(\C#N)C(=O)Nc1ccc(OC)c(OC)c1. The molecular weight excluding hydrogens is 400 g/mol. The molecule has 7 heteroatoms. The number of anilines is 1. The number of benzene rings is 2. The maximum atomic E-state index is 12.5. The van der Waals surface area contributed by atoms with E-state index in [0.29, 0.717) is 28.5 Å². The molecule has 1 N–H and O–H groups in total. The average Bonchev–Trinajstić information content (AvgIpc) is 2.65. The van der Waals surface area contributed by atoms with Gasteiger partial charge >= 0.3 is 0 Å². The van der Waals surface area contributed by atoms with Gasteiger partial charge in [-0.1, -0.05) is 15.9 Å². The number of rotatable bonds is 6. The zero-order chi connectivity index (χ0) is 19.1. The lowest BCUT2D eigenvalue weighted by molar-refractivity contribution is -0.112. The minimum absolute atomic E-state index is 0.0591. The molecule has 134 valence electrons. The van der Waals surface area contributed by atoms with Crippen molar-refractivity contribution < 1.29 is 19.0 Å². The van der Waals surface area contributed by atoms with Crippen molar-refractivity contribution in [3.8, 4) is 23.3 Å². The predicted octanol–water partition coefficient (Wildman–Crippen LogP) is 4.02. The van der Waals surface area contributed by atoms with Gasteiger partial charge in [0, 0.05) is 21.8 Å². The highest BCUT2D eigenvalue weighted by atomic mass is 79.9. The van der Waals surface area contributed by atoms with Gasteiger partial charge in [0.1, 0.15) is 17.4 Å². The van der Waals surface area contributed by atoms with Crippen LogP contribution in [0.1, 0.15) is 5.56 Å². The van der Waals surface area contributed by atoms with E-state index in [9.17, 15) is 10.1 Å². The van der Waals surface area contributed by atoms with Crippen molar-refractivity contribution in [2.75, 3.05) is 26.6 Å². The number of methoxy groups -OCH3 is 3. The van der Waals surface area contributed by atoms with E-state index in [4.69, 9.17) is 14.2 Å². The number of halogens is 1. The van der Waals surface area contributed by atoms with Gasteiger partial charge in [0.05, 0.1) is 21.3 Å². The number of nitrogens with one attached hydrogen (secondary N) is 1. The van der Waals surface area contributed by atoms with Crippen molar-refractivity contribution >= 4 is 33.6 Å². The molecular formula is C19H17BrN2O4. The molecule has 0 bridgehead atoms. The van der Waals surface area contributed by atoms with Crippen molar-refractivity contribution in [1.29, 1.82) is 5.26 Å². The Morgan fingerprint density at radius 3 is 2.31 bits per heavy atom. The second kappa shape index (κ2) is 8.92. The molecule has 0 aromatic heterocycles. The summed E-state index contributed by atoms with van der Waals surface area (Å²) >= 11 is 3.36. The minimum atomic E-state index is -0.540. The number of nitriles is 1. The second-order valence-electron chi connectivity index (χ2n) is 5.08. The van der Waals surface area contributed by atoms with Crippen LogP contribution in [0.4, 0.5) is 5.69 Å². The first kappa shape index (κ1) is 19.3. The quantitative estimate of drug-likeness (QED) is 0.567. The van der Waals surface area contributed by atoms with Crippen LogP contribution in [0.25, 0.3) is 6.08 Å². The summed E-state index contributed by atoms with van der Waals surface area (Å²) in [7, 11) is 4.55. The van der Waals surface area contributed by atoms with Crippen LogP contribution in [-0.2, 0) is 4.79 Å². The Bertz CT molecular complexity index is 888. The highest BCUT2D eigenvalue weighted by Crippen LogP contribution is 2.30. The fourth-order valence-corrected chi connectivity index (χ4v) is 2.61. The van der Waals surface area contributed by atoms with Gasteiger partial charge in [0.25, 0.3) is 5.91 Å². The molecule has 1 amide bonds. The van der Waals surface area contributed by atoms with E-state index in [2.05, 4.69) is 21.2 Å². The van der Waals surface area contributed by atoms with Crippen LogP contribution >= 0.6 is 15.9 Å². The van der Waals surface area contributed by atoms with Gasteiger partial charge in [-0.15, -0.1) is 0 Å². The van der Waals surface area contributed by atoms with Gasteiger partial charge in [-0.3, -0.25) is 4.79 Å². The third-order valence-corrected chi connectivity index (χ3v) is 3.99. The number of amides is 1. The van der Waals surface area contributed by atoms with Gasteiger partial charge in [-0.05, 0) is 36.4 Å². The third-order valence-electron chi connectivity index (χ3n) is 3.50. The molecule has 26 heavy (non-hydrogen) atoms. The zero-order valence-electron chi connectivity index (χ0n) is 14.5. The van der Waals surface area contributed by atoms with Crippen LogP contribution in [-0.4, -0.2) is 27.2 Å². The first-order valence-corrected chi connectivity index (χ1v) is 8.30. The fraction of sp³-hybridized carbons (Fsp3) is 0.158. The molecule has 2 aromatic carbocycles. The molecule has 0 spiro atoms. The number of nitrogens with zero attached hydrogens (tertiary/aromatic N) is 1. The van der Waals surface area contributed by atoms with E-state index in [1.807, 2.05) is 12.1 Å². The fourth-order valence-electron chi connectivity index (χ4n) is 2.23. The Kier molecular flexibility index (Phi) is 6.64. The van der Waals surface area contributed by atoms with Gasteiger partial charge in [-0.25, -0.2) is 0 Å². The molecule has 0 aliphatic carbocycles. The monoisotopic (exact) mass is 416 g/mol. The van der Waals surface area contributed by atoms with E-state index in [0.717, 1.165) is 4.47 Å². The average molecular weight is 417 g/mol. The Hall–Kier alpha value is -2.98. The molecule has 6 nitrogen and oxygen atoms in total. The number of hydrogen-bond acceptors (Lipinski definition) is 5. The Morgan fingerprint density at radius 2 is 1.69 bits per heavy atom. The van der Waals surface area contributed by atoms with Crippen molar-refractivity contribution in [1.82, 2.24) is 0 Å². The van der Waals surface area contributed by atoms with Crippen LogP contribution in [0.5, 0.6) is 17.2 Å². The predicted molar refractivity (Wildman–Crippen MR) is 102 cm³/mol. The normalized spacial score (nSPS) is 10.7. The molecule has 0 saturated carbocycles.